The molecule has 0 saturated carbocycles. The van der Waals surface area contributed by atoms with Gasteiger partial charge in [0.15, 0.2) is 0 Å². The molecule has 0 heterocycles. The molecule has 0 spiro atoms. The van der Waals surface area contributed by atoms with Crippen molar-refractivity contribution >= 4 is 18.3 Å². The van der Waals surface area contributed by atoms with Crippen LogP contribution in [0.2, 0.25) is 0 Å². The number of nitrogens with two attached hydrogens (primary N) is 1. The first-order valence-corrected chi connectivity index (χ1v) is 11.0. The van der Waals surface area contributed by atoms with E-state index >= 15 is 0 Å². The van der Waals surface area contributed by atoms with Gasteiger partial charge in [0, 0.05) is 25.2 Å². The van der Waals surface area contributed by atoms with E-state index in [0.29, 0.717) is 19.3 Å². The largest absolute Gasteiger partial charge is 0.444 e. The minimum absolute atomic E-state index is 0.282. The normalized spacial score (nSPS) is 12.6. The zero-order valence-corrected chi connectivity index (χ0v) is 21.3. The molecule has 0 saturated heterocycles. The fourth-order valence-electron chi connectivity index (χ4n) is 2.56. The Kier molecular flexibility index (Phi) is 11.3. The Morgan fingerprint density at radius 2 is 0.781 bits per heavy atom. The minimum atomic E-state index is -0.765. The molecule has 0 aromatic heterocycles. The van der Waals surface area contributed by atoms with Crippen molar-refractivity contribution in [1.82, 2.24) is 16.0 Å². The summed E-state index contributed by atoms with van der Waals surface area (Å²) in [4.78, 5) is 35.7. The van der Waals surface area contributed by atoms with Crippen LogP contribution in [0.4, 0.5) is 14.4 Å². The zero-order chi connectivity index (χ0) is 25.2. The highest BCUT2D eigenvalue weighted by Gasteiger charge is 2.27. The maximum atomic E-state index is 11.9. The van der Waals surface area contributed by atoms with Gasteiger partial charge in [0.25, 0.3) is 0 Å². The maximum absolute atomic E-state index is 11.9. The van der Waals surface area contributed by atoms with Crippen LogP contribution in [0.5, 0.6) is 0 Å². The summed E-state index contributed by atoms with van der Waals surface area (Å²) in [6.07, 6.45) is -0.342. The van der Waals surface area contributed by atoms with Gasteiger partial charge in [0.05, 0.1) is 0 Å². The quantitative estimate of drug-likeness (QED) is 0.386. The molecule has 0 unspecified atom stereocenters. The Balaban J connectivity index is 4.79. The molecule has 0 radical (unpaired) electrons. The van der Waals surface area contributed by atoms with Crippen molar-refractivity contribution in [2.45, 2.75) is 104 Å². The molecule has 0 fully saturated rings. The van der Waals surface area contributed by atoms with Crippen molar-refractivity contribution in [1.29, 1.82) is 0 Å². The Morgan fingerprint density at radius 1 is 0.562 bits per heavy atom. The van der Waals surface area contributed by atoms with E-state index in [9.17, 15) is 14.4 Å². The molecule has 0 aromatic rings. The molecule has 0 aliphatic rings. The number of ether oxygens (including phenoxy) is 3. The van der Waals surface area contributed by atoms with Gasteiger partial charge in [0.2, 0.25) is 0 Å². The molecule has 3 amide bonds. The molecule has 0 atom stereocenters. The first kappa shape index (κ1) is 29.8. The molecule has 0 aliphatic carbocycles. The first-order chi connectivity index (χ1) is 14.3. The van der Waals surface area contributed by atoms with Crippen molar-refractivity contribution in [3.63, 3.8) is 0 Å². The van der Waals surface area contributed by atoms with Crippen molar-refractivity contribution in [2.24, 2.45) is 5.73 Å². The van der Waals surface area contributed by atoms with Crippen LogP contribution in [0.1, 0.15) is 81.6 Å². The predicted octanol–water partition coefficient (Wildman–Crippen LogP) is 3.43. The van der Waals surface area contributed by atoms with Crippen LogP contribution in [-0.4, -0.2) is 60.3 Å². The van der Waals surface area contributed by atoms with E-state index in [1.165, 1.54) is 0 Å². The summed E-state index contributed by atoms with van der Waals surface area (Å²) in [6, 6.07) is 0. The number of hydrogen-bond donors (Lipinski definition) is 4. The lowest BCUT2D eigenvalue weighted by atomic mass is 9.88. The molecule has 0 aromatic carbocycles. The lowest BCUT2D eigenvalue weighted by Gasteiger charge is -2.31. The van der Waals surface area contributed by atoms with E-state index < -0.39 is 40.6 Å². The third-order valence-electron chi connectivity index (χ3n) is 3.87. The number of nitrogens with one attached hydrogen (secondary N) is 3. The van der Waals surface area contributed by atoms with Gasteiger partial charge >= 0.3 is 18.3 Å². The molecular weight excluding hydrogens is 416 g/mol. The molecular formula is C22H44N4O6. The van der Waals surface area contributed by atoms with E-state index in [-0.39, 0.29) is 19.6 Å². The van der Waals surface area contributed by atoms with Gasteiger partial charge in [-0.2, -0.15) is 0 Å². The topological polar surface area (TPSA) is 141 Å². The summed E-state index contributed by atoms with van der Waals surface area (Å²) in [7, 11) is 0. The Hall–Kier alpha value is -2.23. The van der Waals surface area contributed by atoms with Gasteiger partial charge in [-0.25, -0.2) is 14.4 Å². The summed E-state index contributed by atoms with van der Waals surface area (Å²) in [5, 5.41) is 8.07. The Bertz CT molecular complexity index is 534. The SMILES string of the molecule is CC(C)(C)OC(=O)NCCC(N)(CCNC(=O)OC(C)(C)C)CCNC(=O)OC(C)(C)C. The van der Waals surface area contributed by atoms with Gasteiger partial charge in [-0.1, -0.05) is 0 Å². The average molecular weight is 461 g/mol. The van der Waals surface area contributed by atoms with Crippen molar-refractivity contribution in [3.8, 4) is 0 Å². The van der Waals surface area contributed by atoms with Crippen LogP contribution in [-0.2, 0) is 14.2 Å². The highest BCUT2D eigenvalue weighted by Crippen LogP contribution is 2.17. The van der Waals surface area contributed by atoms with Gasteiger partial charge < -0.3 is 35.9 Å². The summed E-state index contributed by atoms with van der Waals surface area (Å²) in [6.45, 7) is 16.9. The second-order valence-corrected chi connectivity index (χ2v) is 10.9. The summed E-state index contributed by atoms with van der Waals surface area (Å²) in [5.74, 6) is 0. The molecule has 32 heavy (non-hydrogen) atoms. The highest BCUT2D eigenvalue weighted by molar-refractivity contribution is 5.68. The average Bonchev–Trinajstić information content (AvgIpc) is 2.49. The fourth-order valence-corrected chi connectivity index (χ4v) is 2.56. The lowest BCUT2D eigenvalue weighted by Crippen LogP contribution is -2.48. The summed E-state index contributed by atoms with van der Waals surface area (Å²) < 4.78 is 15.7. The molecule has 10 heteroatoms. The van der Waals surface area contributed by atoms with Crippen LogP contribution in [0.3, 0.4) is 0 Å². The van der Waals surface area contributed by atoms with E-state index in [4.69, 9.17) is 19.9 Å². The molecule has 0 rings (SSSR count). The van der Waals surface area contributed by atoms with Gasteiger partial charge in [-0.05, 0) is 81.6 Å². The van der Waals surface area contributed by atoms with Crippen LogP contribution in [0.15, 0.2) is 0 Å². The van der Waals surface area contributed by atoms with Crippen LogP contribution in [0.25, 0.3) is 0 Å². The number of rotatable bonds is 9. The van der Waals surface area contributed by atoms with Crippen molar-refractivity contribution < 1.29 is 28.6 Å². The highest BCUT2D eigenvalue weighted by atomic mass is 16.6. The Morgan fingerprint density at radius 3 is 0.969 bits per heavy atom. The minimum Gasteiger partial charge on any atom is -0.444 e. The van der Waals surface area contributed by atoms with Gasteiger partial charge in [-0.15, -0.1) is 0 Å². The predicted molar refractivity (Wildman–Crippen MR) is 123 cm³/mol. The fraction of sp³-hybridized carbons (Fsp3) is 0.864. The number of hydrogen-bond acceptors (Lipinski definition) is 7. The van der Waals surface area contributed by atoms with Gasteiger partial charge in [0.1, 0.15) is 16.8 Å². The molecule has 188 valence electrons. The number of carbonyl (C=O) groups is 3. The molecule has 5 N–H and O–H groups in total. The van der Waals surface area contributed by atoms with Crippen molar-refractivity contribution in [2.75, 3.05) is 19.6 Å². The maximum Gasteiger partial charge on any atom is 0.407 e. The van der Waals surface area contributed by atoms with E-state index in [1.807, 2.05) is 0 Å². The standard InChI is InChI=1S/C22H44N4O6/c1-19(2,3)30-16(27)24-13-10-22(23,11-14-25-17(28)31-20(4,5)6)12-15-26-18(29)32-21(7,8)9/h10-15,23H2,1-9H3,(H,24,27)(H,25,28)(H,26,29). The number of carbonyl (C=O) groups excluding carboxylic acids is 3. The van der Waals surface area contributed by atoms with Crippen LogP contribution < -0.4 is 21.7 Å². The zero-order valence-electron chi connectivity index (χ0n) is 21.3. The second-order valence-electron chi connectivity index (χ2n) is 10.9. The van der Waals surface area contributed by atoms with Crippen molar-refractivity contribution in [3.05, 3.63) is 0 Å². The van der Waals surface area contributed by atoms with Crippen LogP contribution >= 0.6 is 0 Å². The van der Waals surface area contributed by atoms with Gasteiger partial charge in [-0.3, -0.25) is 0 Å². The van der Waals surface area contributed by atoms with E-state index in [1.54, 1.807) is 62.3 Å². The lowest BCUT2D eigenvalue weighted by molar-refractivity contribution is 0.0519. The van der Waals surface area contributed by atoms with Crippen LogP contribution in [0, 0.1) is 0 Å². The number of amides is 3. The summed E-state index contributed by atoms with van der Waals surface area (Å²) >= 11 is 0. The molecule has 10 nitrogen and oxygen atoms in total. The second kappa shape index (κ2) is 12.1. The summed E-state index contributed by atoms with van der Waals surface area (Å²) in [5.41, 5.74) is 4.00. The number of alkyl carbamates (subject to hydrolysis) is 3. The Labute approximate surface area is 192 Å². The first-order valence-electron chi connectivity index (χ1n) is 11.0. The third kappa shape index (κ3) is 17.5. The smallest absolute Gasteiger partial charge is 0.407 e. The molecule has 0 bridgehead atoms. The molecule has 0 aliphatic heterocycles. The van der Waals surface area contributed by atoms with E-state index in [0.717, 1.165) is 0 Å². The third-order valence-corrected chi connectivity index (χ3v) is 3.87. The van der Waals surface area contributed by atoms with E-state index in [2.05, 4.69) is 16.0 Å². The monoisotopic (exact) mass is 460 g/mol.